The molecule has 0 saturated carbocycles. The molecule has 1 aromatic carbocycles. The molecule has 1 aromatic heterocycles. The number of nitrogens with zero attached hydrogens (tertiary/aromatic N) is 3. The van der Waals surface area contributed by atoms with E-state index in [1.165, 1.54) is 0 Å². The Morgan fingerprint density at radius 3 is 3.00 bits per heavy atom. The summed E-state index contributed by atoms with van der Waals surface area (Å²) in [6.07, 6.45) is 7.37. The minimum atomic E-state index is -0.0185. The van der Waals surface area contributed by atoms with Crippen LogP contribution in [0.3, 0.4) is 0 Å². The van der Waals surface area contributed by atoms with Crippen molar-refractivity contribution in [2.75, 3.05) is 19.8 Å². The molecule has 0 aliphatic carbocycles. The van der Waals surface area contributed by atoms with Crippen LogP contribution in [0, 0.1) is 0 Å². The van der Waals surface area contributed by atoms with E-state index in [2.05, 4.69) is 10.3 Å². The highest BCUT2D eigenvalue weighted by atomic mass is 16.6. The van der Waals surface area contributed by atoms with E-state index >= 15 is 0 Å². The fourth-order valence-electron chi connectivity index (χ4n) is 3.67. The lowest BCUT2D eigenvalue weighted by atomic mass is 10.0. The number of ether oxygens (including phenoxy) is 2. The SMILES string of the molecule is C[C@H](Cn1ccnc1)NC(=O)N1CCC[C@@H]1c1ccc2c(c1)OCCO2. The van der Waals surface area contributed by atoms with Crippen molar-refractivity contribution in [3.63, 3.8) is 0 Å². The van der Waals surface area contributed by atoms with Crippen LogP contribution >= 0.6 is 0 Å². The molecule has 1 N–H and O–H groups in total. The van der Waals surface area contributed by atoms with Gasteiger partial charge in [-0.25, -0.2) is 9.78 Å². The molecule has 2 aliphatic rings. The van der Waals surface area contributed by atoms with Crippen LogP contribution in [0.15, 0.2) is 36.9 Å². The van der Waals surface area contributed by atoms with Crippen LogP contribution in [0.5, 0.6) is 11.5 Å². The number of fused-ring (bicyclic) bond motifs is 1. The van der Waals surface area contributed by atoms with Gasteiger partial charge in [0.2, 0.25) is 0 Å². The molecule has 1 saturated heterocycles. The first-order valence-corrected chi connectivity index (χ1v) is 9.13. The molecule has 0 spiro atoms. The monoisotopic (exact) mass is 356 g/mol. The molecule has 138 valence electrons. The first-order chi connectivity index (χ1) is 12.7. The molecule has 4 rings (SSSR count). The standard InChI is InChI=1S/C19H24N4O3/c1-14(12-22-8-6-20-13-22)21-19(24)23-7-2-3-16(23)15-4-5-17-18(11-15)26-10-9-25-17/h4-6,8,11,13-14,16H,2-3,7,9-10,12H2,1H3,(H,21,24)/t14-,16-/m1/s1. The van der Waals surface area contributed by atoms with Crippen LogP contribution in [0.1, 0.15) is 31.4 Å². The molecule has 7 heteroatoms. The number of carbonyl (C=O) groups excluding carboxylic acids is 1. The lowest BCUT2D eigenvalue weighted by molar-refractivity contribution is 0.170. The van der Waals surface area contributed by atoms with E-state index in [0.29, 0.717) is 19.8 Å². The molecule has 1 fully saturated rings. The number of carbonyl (C=O) groups is 1. The van der Waals surface area contributed by atoms with E-state index < -0.39 is 0 Å². The first-order valence-electron chi connectivity index (χ1n) is 9.13. The number of rotatable bonds is 4. The van der Waals surface area contributed by atoms with Crippen LogP contribution in [-0.4, -0.2) is 46.3 Å². The van der Waals surface area contributed by atoms with Gasteiger partial charge < -0.3 is 24.3 Å². The van der Waals surface area contributed by atoms with Gasteiger partial charge in [0.1, 0.15) is 13.2 Å². The van der Waals surface area contributed by atoms with Gasteiger partial charge >= 0.3 is 6.03 Å². The molecule has 2 amide bonds. The number of aromatic nitrogens is 2. The summed E-state index contributed by atoms with van der Waals surface area (Å²) < 4.78 is 13.2. The minimum Gasteiger partial charge on any atom is -0.486 e. The molecule has 0 unspecified atom stereocenters. The maximum atomic E-state index is 12.8. The van der Waals surface area contributed by atoms with Crippen molar-refractivity contribution in [3.05, 3.63) is 42.5 Å². The summed E-state index contributed by atoms with van der Waals surface area (Å²) in [6, 6.07) is 6.08. The summed E-state index contributed by atoms with van der Waals surface area (Å²) in [4.78, 5) is 18.8. The Labute approximate surface area is 152 Å². The fraction of sp³-hybridized carbons (Fsp3) is 0.474. The second kappa shape index (κ2) is 7.27. The van der Waals surface area contributed by atoms with Crippen molar-refractivity contribution < 1.29 is 14.3 Å². The highest BCUT2D eigenvalue weighted by Gasteiger charge is 2.31. The van der Waals surface area contributed by atoms with Gasteiger partial charge in [-0.1, -0.05) is 6.07 Å². The van der Waals surface area contributed by atoms with Crippen LogP contribution in [0.4, 0.5) is 4.79 Å². The summed E-state index contributed by atoms with van der Waals surface area (Å²) in [5, 5.41) is 3.10. The highest BCUT2D eigenvalue weighted by molar-refractivity contribution is 5.75. The van der Waals surface area contributed by atoms with E-state index in [1.54, 1.807) is 12.5 Å². The Morgan fingerprint density at radius 2 is 2.19 bits per heavy atom. The lowest BCUT2D eigenvalue weighted by Gasteiger charge is -2.28. The number of benzene rings is 1. The van der Waals surface area contributed by atoms with Crippen molar-refractivity contribution in [1.29, 1.82) is 0 Å². The molecule has 3 heterocycles. The lowest BCUT2D eigenvalue weighted by Crippen LogP contribution is -2.44. The third-order valence-electron chi connectivity index (χ3n) is 4.88. The summed E-state index contributed by atoms with van der Waals surface area (Å²) in [6.45, 7) is 4.63. The number of likely N-dealkylation sites (tertiary alicyclic amines) is 1. The summed E-state index contributed by atoms with van der Waals surface area (Å²) in [5.74, 6) is 1.55. The number of urea groups is 1. The summed E-state index contributed by atoms with van der Waals surface area (Å²) in [5.41, 5.74) is 1.10. The minimum absolute atomic E-state index is 0.0185. The van der Waals surface area contributed by atoms with E-state index in [0.717, 1.165) is 36.4 Å². The van der Waals surface area contributed by atoms with Crippen LogP contribution in [0.2, 0.25) is 0 Å². The Morgan fingerprint density at radius 1 is 1.35 bits per heavy atom. The zero-order valence-corrected chi connectivity index (χ0v) is 14.9. The van der Waals surface area contributed by atoms with Gasteiger partial charge in [0, 0.05) is 31.5 Å². The molecule has 2 atom stereocenters. The average Bonchev–Trinajstić information content (AvgIpc) is 3.32. The largest absolute Gasteiger partial charge is 0.486 e. The van der Waals surface area contributed by atoms with Crippen molar-refractivity contribution >= 4 is 6.03 Å². The molecule has 26 heavy (non-hydrogen) atoms. The molecular formula is C19H24N4O3. The zero-order valence-electron chi connectivity index (χ0n) is 14.9. The normalized spacial score (nSPS) is 20.0. The van der Waals surface area contributed by atoms with Gasteiger partial charge in [0.15, 0.2) is 11.5 Å². The Hall–Kier alpha value is -2.70. The van der Waals surface area contributed by atoms with Gasteiger partial charge in [-0.2, -0.15) is 0 Å². The fourth-order valence-corrected chi connectivity index (χ4v) is 3.67. The smallest absolute Gasteiger partial charge is 0.318 e. The van der Waals surface area contributed by atoms with E-state index in [-0.39, 0.29) is 18.1 Å². The van der Waals surface area contributed by atoms with Crippen LogP contribution < -0.4 is 14.8 Å². The molecule has 2 aliphatic heterocycles. The number of hydrogen-bond acceptors (Lipinski definition) is 4. The van der Waals surface area contributed by atoms with Crippen molar-refractivity contribution in [2.45, 2.75) is 38.4 Å². The van der Waals surface area contributed by atoms with Gasteiger partial charge in [0.05, 0.1) is 12.4 Å². The van der Waals surface area contributed by atoms with Gasteiger partial charge in [-0.15, -0.1) is 0 Å². The van der Waals surface area contributed by atoms with Crippen molar-refractivity contribution in [1.82, 2.24) is 19.8 Å². The Kier molecular flexibility index (Phi) is 4.69. The molecular weight excluding hydrogens is 332 g/mol. The van der Waals surface area contributed by atoms with Gasteiger partial charge in [-0.3, -0.25) is 0 Å². The topological polar surface area (TPSA) is 68.6 Å². The third kappa shape index (κ3) is 3.47. The van der Waals surface area contributed by atoms with E-state index in [4.69, 9.17) is 9.47 Å². The number of imidazole rings is 1. The second-order valence-electron chi connectivity index (χ2n) is 6.86. The van der Waals surface area contributed by atoms with Gasteiger partial charge in [-0.05, 0) is 37.5 Å². The van der Waals surface area contributed by atoms with Crippen molar-refractivity contribution in [2.24, 2.45) is 0 Å². The molecule has 2 aromatic rings. The summed E-state index contributed by atoms with van der Waals surface area (Å²) >= 11 is 0. The first kappa shape index (κ1) is 16.8. The summed E-state index contributed by atoms with van der Waals surface area (Å²) in [7, 11) is 0. The molecule has 7 nitrogen and oxygen atoms in total. The van der Waals surface area contributed by atoms with Crippen molar-refractivity contribution in [3.8, 4) is 11.5 Å². The quantitative estimate of drug-likeness (QED) is 0.914. The van der Waals surface area contributed by atoms with E-state index in [1.807, 2.05) is 40.8 Å². The Balaban J connectivity index is 1.43. The van der Waals surface area contributed by atoms with Crippen LogP contribution in [0.25, 0.3) is 0 Å². The highest BCUT2D eigenvalue weighted by Crippen LogP contribution is 2.38. The van der Waals surface area contributed by atoms with Gasteiger partial charge in [0.25, 0.3) is 0 Å². The molecule has 0 bridgehead atoms. The maximum absolute atomic E-state index is 12.8. The number of hydrogen-bond donors (Lipinski definition) is 1. The maximum Gasteiger partial charge on any atom is 0.318 e. The second-order valence-corrected chi connectivity index (χ2v) is 6.86. The predicted molar refractivity (Wildman–Crippen MR) is 96.3 cm³/mol. The zero-order chi connectivity index (χ0) is 17.9. The average molecular weight is 356 g/mol. The Bertz CT molecular complexity index is 762. The van der Waals surface area contributed by atoms with E-state index in [9.17, 15) is 4.79 Å². The number of amides is 2. The molecule has 0 radical (unpaired) electrons. The predicted octanol–water partition coefficient (Wildman–Crippen LogP) is 2.59. The number of nitrogens with one attached hydrogen (secondary N) is 1. The third-order valence-corrected chi connectivity index (χ3v) is 4.88. The van der Waals surface area contributed by atoms with Crippen LogP contribution in [-0.2, 0) is 6.54 Å².